The van der Waals surface area contributed by atoms with Crippen molar-refractivity contribution < 1.29 is 14.6 Å². The standard InChI is InChI=1S/C12H17BNO3/c1-11(2,16)12(3,4)17-13-9-5-6-14-10(7-9)8-15/h5-8,16H,1-4H3. The minimum Gasteiger partial charge on any atom is -0.427 e. The Hall–Kier alpha value is -1.20. The maximum Gasteiger partial charge on any atom is 0.331 e. The van der Waals surface area contributed by atoms with Crippen LogP contribution in [0.3, 0.4) is 0 Å². The molecule has 0 saturated carbocycles. The maximum atomic E-state index is 10.6. The summed E-state index contributed by atoms with van der Waals surface area (Å²) in [5.41, 5.74) is -0.607. The molecule has 1 heterocycles. The normalized spacial score (nSPS) is 12.3. The molecule has 17 heavy (non-hydrogen) atoms. The average Bonchev–Trinajstić information content (AvgIpc) is 2.25. The molecule has 1 N–H and O–H groups in total. The van der Waals surface area contributed by atoms with E-state index in [9.17, 15) is 9.90 Å². The molecule has 4 nitrogen and oxygen atoms in total. The Morgan fingerprint density at radius 1 is 1.41 bits per heavy atom. The summed E-state index contributed by atoms with van der Waals surface area (Å²) in [6.45, 7) is 6.96. The number of hydrogen-bond acceptors (Lipinski definition) is 4. The van der Waals surface area contributed by atoms with E-state index in [4.69, 9.17) is 4.65 Å². The Morgan fingerprint density at radius 3 is 2.59 bits per heavy atom. The number of aliphatic hydroxyl groups is 1. The van der Waals surface area contributed by atoms with Crippen molar-refractivity contribution in [2.45, 2.75) is 38.9 Å². The molecule has 0 spiro atoms. The lowest BCUT2D eigenvalue weighted by molar-refractivity contribution is -0.0893. The van der Waals surface area contributed by atoms with Gasteiger partial charge in [-0.25, -0.2) is 0 Å². The SMILES string of the molecule is CC(C)(O)C(C)(C)O[B]c1ccnc(C=O)c1. The van der Waals surface area contributed by atoms with Crippen molar-refractivity contribution in [3.63, 3.8) is 0 Å². The summed E-state index contributed by atoms with van der Waals surface area (Å²) in [6.07, 6.45) is 2.22. The first-order chi connectivity index (χ1) is 7.76. The number of carbonyl (C=O) groups excluding carboxylic acids is 1. The molecule has 0 fully saturated rings. The molecule has 0 aromatic carbocycles. The fourth-order valence-electron chi connectivity index (χ4n) is 0.963. The zero-order valence-corrected chi connectivity index (χ0v) is 10.6. The van der Waals surface area contributed by atoms with Crippen molar-refractivity contribution in [3.05, 3.63) is 24.0 Å². The van der Waals surface area contributed by atoms with Gasteiger partial charge in [-0.1, -0.05) is 0 Å². The fourth-order valence-corrected chi connectivity index (χ4v) is 0.963. The van der Waals surface area contributed by atoms with Gasteiger partial charge in [0.25, 0.3) is 0 Å². The molecule has 0 bridgehead atoms. The van der Waals surface area contributed by atoms with Gasteiger partial charge in [-0.3, -0.25) is 9.78 Å². The van der Waals surface area contributed by atoms with Crippen molar-refractivity contribution in [3.8, 4) is 0 Å². The summed E-state index contributed by atoms with van der Waals surface area (Å²) in [7, 11) is 1.52. The number of carbonyl (C=O) groups is 1. The molecule has 91 valence electrons. The highest BCUT2D eigenvalue weighted by molar-refractivity contribution is 6.47. The topological polar surface area (TPSA) is 59.4 Å². The predicted molar refractivity (Wildman–Crippen MR) is 66.5 cm³/mol. The average molecular weight is 234 g/mol. The van der Waals surface area contributed by atoms with Crippen LogP contribution in [0.15, 0.2) is 18.3 Å². The van der Waals surface area contributed by atoms with E-state index in [1.54, 1.807) is 39.8 Å². The van der Waals surface area contributed by atoms with Gasteiger partial charge in [0.1, 0.15) is 5.69 Å². The van der Waals surface area contributed by atoms with Gasteiger partial charge < -0.3 is 9.76 Å². The third kappa shape index (κ3) is 3.65. The summed E-state index contributed by atoms with van der Waals surface area (Å²) in [5, 5.41) is 9.91. The van der Waals surface area contributed by atoms with Crippen molar-refractivity contribution in [2.75, 3.05) is 0 Å². The summed E-state index contributed by atoms with van der Waals surface area (Å²) in [6, 6.07) is 3.35. The molecule has 0 aliphatic rings. The van der Waals surface area contributed by atoms with Crippen LogP contribution in [0.5, 0.6) is 0 Å². The van der Waals surface area contributed by atoms with E-state index in [1.165, 1.54) is 13.7 Å². The van der Waals surface area contributed by atoms with Crippen LogP contribution in [0, 0.1) is 0 Å². The summed E-state index contributed by atoms with van der Waals surface area (Å²) in [5.74, 6) is 0. The zero-order valence-electron chi connectivity index (χ0n) is 10.6. The van der Waals surface area contributed by atoms with Crippen LogP contribution in [0.2, 0.25) is 0 Å². The minimum absolute atomic E-state index is 0.350. The van der Waals surface area contributed by atoms with Crippen LogP contribution >= 0.6 is 0 Å². The van der Waals surface area contributed by atoms with E-state index in [0.717, 1.165) is 5.46 Å². The van der Waals surface area contributed by atoms with Crippen LogP contribution in [-0.4, -0.2) is 35.1 Å². The lowest BCUT2D eigenvalue weighted by Crippen LogP contribution is -2.49. The molecule has 1 aromatic heterocycles. The van der Waals surface area contributed by atoms with Gasteiger partial charge in [-0.15, -0.1) is 0 Å². The maximum absolute atomic E-state index is 10.6. The number of aromatic nitrogens is 1. The van der Waals surface area contributed by atoms with Crippen LogP contribution in [0.1, 0.15) is 38.2 Å². The molecule has 0 atom stereocenters. The third-order valence-electron chi connectivity index (χ3n) is 2.89. The quantitative estimate of drug-likeness (QED) is 0.602. The highest BCUT2D eigenvalue weighted by Gasteiger charge is 2.35. The second-order valence-corrected chi connectivity index (χ2v) is 4.94. The Kier molecular flexibility index (Phi) is 4.06. The smallest absolute Gasteiger partial charge is 0.331 e. The molecule has 0 unspecified atom stereocenters. The molecule has 0 aliphatic carbocycles. The fraction of sp³-hybridized carbons (Fsp3) is 0.500. The van der Waals surface area contributed by atoms with E-state index >= 15 is 0 Å². The highest BCUT2D eigenvalue weighted by atomic mass is 16.5. The van der Waals surface area contributed by atoms with Crippen molar-refractivity contribution >= 4 is 19.2 Å². The largest absolute Gasteiger partial charge is 0.427 e. The van der Waals surface area contributed by atoms with E-state index in [1.807, 2.05) is 0 Å². The van der Waals surface area contributed by atoms with Gasteiger partial charge in [0.15, 0.2) is 6.29 Å². The lowest BCUT2D eigenvalue weighted by atomic mass is 9.83. The van der Waals surface area contributed by atoms with Gasteiger partial charge in [0.2, 0.25) is 0 Å². The third-order valence-corrected chi connectivity index (χ3v) is 2.89. The molecule has 0 aliphatic heterocycles. The van der Waals surface area contributed by atoms with Gasteiger partial charge in [-0.2, -0.15) is 0 Å². The molecule has 0 amide bonds. The summed E-state index contributed by atoms with van der Waals surface area (Å²) >= 11 is 0. The first-order valence-electron chi connectivity index (χ1n) is 5.41. The summed E-state index contributed by atoms with van der Waals surface area (Å²) in [4.78, 5) is 14.4. The zero-order chi connectivity index (χ0) is 13.1. The number of hydrogen-bond donors (Lipinski definition) is 1. The van der Waals surface area contributed by atoms with Crippen molar-refractivity contribution in [2.24, 2.45) is 0 Å². The molecule has 1 aromatic rings. The molecule has 5 heteroatoms. The lowest BCUT2D eigenvalue weighted by Gasteiger charge is -2.37. The number of aldehydes is 1. The van der Waals surface area contributed by atoms with Gasteiger partial charge in [-0.05, 0) is 45.3 Å². The van der Waals surface area contributed by atoms with Gasteiger partial charge >= 0.3 is 7.48 Å². The van der Waals surface area contributed by atoms with E-state index in [0.29, 0.717) is 12.0 Å². The van der Waals surface area contributed by atoms with E-state index < -0.39 is 11.2 Å². The second-order valence-electron chi connectivity index (χ2n) is 4.94. The van der Waals surface area contributed by atoms with Gasteiger partial charge in [0, 0.05) is 6.20 Å². The van der Waals surface area contributed by atoms with Crippen LogP contribution in [-0.2, 0) is 4.65 Å². The Balaban J connectivity index is 2.70. The Bertz CT molecular complexity index is 399. The monoisotopic (exact) mass is 234 g/mol. The van der Waals surface area contributed by atoms with Crippen LogP contribution in [0.4, 0.5) is 0 Å². The molecule has 1 radical (unpaired) electrons. The van der Waals surface area contributed by atoms with Crippen molar-refractivity contribution in [1.82, 2.24) is 4.98 Å². The summed E-state index contributed by atoms with van der Waals surface area (Å²) < 4.78 is 5.56. The highest BCUT2D eigenvalue weighted by Crippen LogP contribution is 2.24. The van der Waals surface area contributed by atoms with Crippen LogP contribution < -0.4 is 5.46 Å². The molecule has 1 rings (SSSR count). The van der Waals surface area contributed by atoms with E-state index in [2.05, 4.69) is 4.98 Å². The second kappa shape index (κ2) is 4.98. The number of pyridine rings is 1. The number of nitrogens with zero attached hydrogens (tertiary/aromatic N) is 1. The Morgan fingerprint density at radius 2 is 2.06 bits per heavy atom. The molecule has 0 saturated heterocycles. The Labute approximate surface area is 102 Å². The van der Waals surface area contributed by atoms with Crippen LogP contribution in [0.25, 0.3) is 0 Å². The number of rotatable bonds is 5. The molecular formula is C12H17BNO3. The first-order valence-corrected chi connectivity index (χ1v) is 5.41. The minimum atomic E-state index is -0.968. The molecular weight excluding hydrogens is 217 g/mol. The van der Waals surface area contributed by atoms with Crippen molar-refractivity contribution in [1.29, 1.82) is 0 Å². The predicted octanol–water partition coefficient (Wildman–Crippen LogP) is 0.705. The van der Waals surface area contributed by atoms with Gasteiger partial charge in [0.05, 0.1) is 11.2 Å². The van der Waals surface area contributed by atoms with E-state index in [-0.39, 0.29) is 0 Å². The first kappa shape index (κ1) is 13.9.